The first-order valence-corrected chi connectivity index (χ1v) is 5.83. The summed E-state index contributed by atoms with van der Waals surface area (Å²) in [6, 6.07) is 4.66. The van der Waals surface area contributed by atoms with E-state index in [9.17, 15) is 9.18 Å². The second-order valence-corrected chi connectivity index (χ2v) is 3.22. The Labute approximate surface area is 112 Å². The maximum atomic E-state index is 13.3. The standard InChI is InChI=1S/C11H9FN2O.C2H6.CH3N/c1-8-2-3-9(6-10(8)12)14-5-4-13-7-11(14)15;2*1-2/h2-7H,1H3;1-2H3;2H,1H2. The fourth-order valence-corrected chi connectivity index (χ4v) is 1.29. The van der Waals surface area contributed by atoms with Gasteiger partial charge in [-0.3, -0.25) is 14.3 Å². The van der Waals surface area contributed by atoms with Crippen molar-refractivity contribution < 1.29 is 4.39 Å². The average molecular weight is 263 g/mol. The number of benzene rings is 1. The molecule has 0 aliphatic heterocycles. The highest BCUT2D eigenvalue weighted by molar-refractivity contribution is 5.35. The van der Waals surface area contributed by atoms with Crippen molar-refractivity contribution in [2.75, 3.05) is 0 Å². The van der Waals surface area contributed by atoms with Gasteiger partial charge in [-0.1, -0.05) is 19.9 Å². The lowest BCUT2D eigenvalue weighted by Crippen LogP contribution is -2.16. The number of aryl methyl sites for hydroxylation is 1. The molecule has 0 saturated carbocycles. The quantitative estimate of drug-likeness (QED) is 0.804. The van der Waals surface area contributed by atoms with Crippen LogP contribution in [0.15, 0.2) is 41.6 Å². The zero-order valence-corrected chi connectivity index (χ0v) is 11.4. The van der Waals surface area contributed by atoms with Crippen LogP contribution in [-0.2, 0) is 0 Å². The molecule has 0 radical (unpaired) electrons. The lowest BCUT2D eigenvalue weighted by atomic mass is 10.2. The number of halogens is 1. The largest absolute Gasteiger partial charge is 0.317 e. The molecule has 1 N–H and O–H groups in total. The molecule has 0 aliphatic rings. The maximum absolute atomic E-state index is 13.3. The van der Waals surface area contributed by atoms with Crippen molar-refractivity contribution in [3.05, 3.63) is 58.5 Å². The van der Waals surface area contributed by atoms with Crippen molar-refractivity contribution in [3.63, 3.8) is 0 Å². The lowest BCUT2D eigenvalue weighted by molar-refractivity contribution is 0.617. The highest BCUT2D eigenvalue weighted by Crippen LogP contribution is 2.11. The van der Waals surface area contributed by atoms with Crippen molar-refractivity contribution in [1.29, 1.82) is 5.41 Å². The fraction of sp³-hybridized carbons (Fsp3) is 0.214. The summed E-state index contributed by atoms with van der Waals surface area (Å²) < 4.78 is 14.6. The predicted molar refractivity (Wildman–Crippen MR) is 75.7 cm³/mol. The summed E-state index contributed by atoms with van der Waals surface area (Å²) in [7, 11) is 0. The van der Waals surface area contributed by atoms with Gasteiger partial charge in [-0.15, -0.1) is 0 Å². The van der Waals surface area contributed by atoms with Gasteiger partial charge in [0, 0.05) is 12.4 Å². The van der Waals surface area contributed by atoms with E-state index >= 15 is 0 Å². The minimum atomic E-state index is -0.323. The van der Waals surface area contributed by atoms with Crippen LogP contribution in [0.5, 0.6) is 0 Å². The predicted octanol–water partition coefficient (Wildman–Crippen LogP) is 2.97. The molecule has 0 atom stereocenters. The van der Waals surface area contributed by atoms with E-state index in [4.69, 9.17) is 5.41 Å². The fourth-order valence-electron chi connectivity index (χ4n) is 1.29. The van der Waals surface area contributed by atoms with Gasteiger partial charge in [0.25, 0.3) is 5.56 Å². The summed E-state index contributed by atoms with van der Waals surface area (Å²) in [4.78, 5) is 15.1. The molecule has 2 aromatic rings. The molecule has 1 heterocycles. The van der Waals surface area contributed by atoms with Gasteiger partial charge in [-0.05, 0) is 31.3 Å². The normalized spacial score (nSPS) is 8.63. The maximum Gasteiger partial charge on any atom is 0.273 e. The molecular formula is C14H18FN3O. The van der Waals surface area contributed by atoms with Crippen molar-refractivity contribution in [1.82, 2.24) is 9.55 Å². The van der Waals surface area contributed by atoms with Gasteiger partial charge in [-0.2, -0.15) is 0 Å². The highest BCUT2D eigenvalue weighted by atomic mass is 19.1. The van der Waals surface area contributed by atoms with E-state index in [0.717, 1.165) is 0 Å². The molecule has 0 aliphatic carbocycles. The van der Waals surface area contributed by atoms with E-state index in [2.05, 4.69) is 11.7 Å². The third-order valence-electron chi connectivity index (χ3n) is 2.16. The molecule has 0 fully saturated rings. The zero-order valence-electron chi connectivity index (χ0n) is 11.4. The third-order valence-corrected chi connectivity index (χ3v) is 2.16. The van der Waals surface area contributed by atoms with E-state index in [1.165, 1.54) is 29.2 Å². The van der Waals surface area contributed by atoms with Gasteiger partial charge in [0.2, 0.25) is 0 Å². The van der Waals surface area contributed by atoms with Crippen molar-refractivity contribution in [2.45, 2.75) is 20.8 Å². The molecule has 0 bridgehead atoms. The Balaban J connectivity index is 0.000000741. The van der Waals surface area contributed by atoms with Crippen LogP contribution in [0.2, 0.25) is 0 Å². The van der Waals surface area contributed by atoms with Crippen LogP contribution in [0.1, 0.15) is 19.4 Å². The summed E-state index contributed by atoms with van der Waals surface area (Å²) in [6.45, 7) is 8.18. The summed E-state index contributed by atoms with van der Waals surface area (Å²) in [5.41, 5.74) is 0.784. The van der Waals surface area contributed by atoms with Crippen LogP contribution in [0, 0.1) is 18.2 Å². The van der Waals surface area contributed by atoms with Crippen LogP contribution in [0.4, 0.5) is 4.39 Å². The minimum Gasteiger partial charge on any atom is -0.317 e. The molecule has 0 saturated heterocycles. The summed E-state index contributed by atoms with van der Waals surface area (Å²) in [6.07, 6.45) is 4.18. The van der Waals surface area contributed by atoms with Crippen LogP contribution < -0.4 is 5.56 Å². The molecule has 5 heteroatoms. The van der Waals surface area contributed by atoms with Crippen LogP contribution in [0.3, 0.4) is 0 Å². The Bertz CT molecular complexity index is 567. The topological polar surface area (TPSA) is 58.7 Å². The number of aromatic nitrogens is 2. The van der Waals surface area contributed by atoms with Gasteiger partial charge in [0.15, 0.2) is 0 Å². The van der Waals surface area contributed by atoms with Gasteiger partial charge < -0.3 is 5.41 Å². The molecule has 4 nitrogen and oxygen atoms in total. The van der Waals surface area contributed by atoms with Crippen molar-refractivity contribution >= 4 is 6.72 Å². The van der Waals surface area contributed by atoms with Crippen molar-refractivity contribution in [3.8, 4) is 5.69 Å². The van der Waals surface area contributed by atoms with E-state index in [0.29, 0.717) is 11.3 Å². The third kappa shape index (κ3) is 4.46. The second kappa shape index (κ2) is 8.74. The Morgan fingerprint density at radius 3 is 2.47 bits per heavy atom. The molecule has 102 valence electrons. The number of rotatable bonds is 1. The van der Waals surface area contributed by atoms with E-state index in [1.807, 2.05) is 13.8 Å². The van der Waals surface area contributed by atoms with E-state index < -0.39 is 0 Å². The second-order valence-electron chi connectivity index (χ2n) is 3.22. The van der Waals surface area contributed by atoms with Crippen LogP contribution in [0.25, 0.3) is 5.69 Å². The van der Waals surface area contributed by atoms with E-state index in [-0.39, 0.29) is 11.4 Å². The number of nitrogens with zero attached hydrogens (tertiary/aromatic N) is 2. The van der Waals surface area contributed by atoms with Gasteiger partial charge >= 0.3 is 0 Å². The zero-order chi connectivity index (χ0) is 14.8. The van der Waals surface area contributed by atoms with Gasteiger partial charge in [0.05, 0.1) is 11.9 Å². The molecule has 19 heavy (non-hydrogen) atoms. The molecule has 1 aromatic carbocycles. The lowest BCUT2D eigenvalue weighted by Gasteiger charge is -2.05. The number of hydrogen-bond acceptors (Lipinski definition) is 3. The Kier molecular flexibility index (Phi) is 7.68. The van der Waals surface area contributed by atoms with Gasteiger partial charge in [0.1, 0.15) is 5.82 Å². The molecule has 0 spiro atoms. The Morgan fingerprint density at radius 1 is 1.32 bits per heavy atom. The average Bonchev–Trinajstić information content (AvgIpc) is 2.47. The summed E-state index contributed by atoms with van der Waals surface area (Å²) in [5.74, 6) is -0.323. The Morgan fingerprint density at radius 2 is 1.95 bits per heavy atom. The molecule has 0 amide bonds. The van der Waals surface area contributed by atoms with E-state index in [1.54, 1.807) is 19.1 Å². The Hall–Kier alpha value is -2.30. The first-order chi connectivity index (χ1) is 9.18. The first kappa shape index (κ1) is 16.7. The minimum absolute atomic E-state index is 0.277. The highest BCUT2D eigenvalue weighted by Gasteiger charge is 2.02. The van der Waals surface area contributed by atoms with Gasteiger partial charge in [-0.25, -0.2) is 4.39 Å². The number of nitrogens with one attached hydrogen (secondary N) is 1. The monoisotopic (exact) mass is 263 g/mol. The molecule has 1 aromatic heterocycles. The summed E-state index contributed by atoms with van der Waals surface area (Å²) >= 11 is 0. The van der Waals surface area contributed by atoms with Crippen LogP contribution >= 0.6 is 0 Å². The molecule has 2 rings (SSSR count). The first-order valence-electron chi connectivity index (χ1n) is 5.83. The number of hydrogen-bond donors (Lipinski definition) is 1. The smallest absolute Gasteiger partial charge is 0.273 e. The summed E-state index contributed by atoms with van der Waals surface area (Å²) in [5, 5.41) is 5.50. The molecular weight excluding hydrogens is 245 g/mol. The van der Waals surface area contributed by atoms with Crippen molar-refractivity contribution in [2.24, 2.45) is 0 Å². The van der Waals surface area contributed by atoms with Crippen LogP contribution in [-0.4, -0.2) is 16.3 Å². The molecule has 0 unspecified atom stereocenters. The SMILES string of the molecule is C=N.CC.Cc1ccc(-n2ccncc2=O)cc1F.